The van der Waals surface area contributed by atoms with Gasteiger partial charge in [-0.05, 0) is 24.1 Å². The van der Waals surface area contributed by atoms with Gasteiger partial charge in [-0.1, -0.05) is 30.7 Å². The summed E-state index contributed by atoms with van der Waals surface area (Å²) in [5, 5.41) is 0.662. The summed E-state index contributed by atoms with van der Waals surface area (Å²) < 4.78 is 7.45. The van der Waals surface area contributed by atoms with E-state index in [4.69, 9.17) is 16.3 Å². The SMILES string of the molecule is CCCC(=O)OC(Cn1ccnc1)c1ccc(Cl)cc1.Cl. The number of carbonyl (C=O) groups excluding carboxylic acids is 1. The van der Waals surface area contributed by atoms with Crippen molar-refractivity contribution in [3.8, 4) is 0 Å². The zero-order chi connectivity index (χ0) is 14.4. The van der Waals surface area contributed by atoms with E-state index >= 15 is 0 Å². The fourth-order valence-electron chi connectivity index (χ4n) is 1.90. The van der Waals surface area contributed by atoms with Gasteiger partial charge in [-0.25, -0.2) is 4.98 Å². The number of benzene rings is 1. The van der Waals surface area contributed by atoms with Crippen molar-refractivity contribution >= 4 is 30.0 Å². The first-order valence-corrected chi connectivity index (χ1v) is 6.97. The van der Waals surface area contributed by atoms with Gasteiger partial charge in [0.2, 0.25) is 0 Å². The molecule has 2 rings (SSSR count). The second kappa shape index (κ2) is 8.70. The van der Waals surface area contributed by atoms with Crippen LogP contribution in [0.1, 0.15) is 31.4 Å². The van der Waals surface area contributed by atoms with Crippen molar-refractivity contribution in [3.05, 3.63) is 53.6 Å². The van der Waals surface area contributed by atoms with E-state index in [9.17, 15) is 4.79 Å². The summed E-state index contributed by atoms with van der Waals surface area (Å²) in [6.45, 7) is 2.49. The first-order chi connectivity index (χ1) is 9.69. The van der Waals surface area contributed by atoms with Crippen LogP contribution in [0.3, 0.4) is 0 Å². The van der Waals surface area contributed by atoms with Gasteiger partial charge in [0.1, 0.15) is 6.10 Å². The highest BCUT2D eigenvalue weighted by Gasteiger charge is 2.17. The highest BCUT2D eigenvalue weighted by atomic mass is 35.5. The summed E-state index contributed by atoms with van der Waals surface area (Å²) >= 11 is 5.89. The highest BCUT2D eigenvalue weighted by Crippen LogP contribution is 2.22. The Labute approximate surface area is 135 Å². The molecule has 0 saturated heterocycles. The van der Waals surface area contributed by atoms with Crippen LogP contribution >= 0.6 is 24.0 Å². The van der Waals surface area contributed by atoms with Gasteiger partial charge in [-0.15, -0.1) is 12.4 Å². The molecule has 0 fully saturated rings. The number of nitrogens with zero attached hydrogens (tertiary/aromatic N) is 2. The molecule has 0 N–H and O–H groups in total. The molecule has 6 heteroatoms. The number of carbonyl (C=O) groups is 1. The minimum Gasteiger partial charge on any atom is -0.456 e. The smallest absolute Gasteiger partial charge is 0.306 e. The number of esters is 1. The van der Waals surface area contributed by atoms with E-state index in [0.717, 1.165) is 12.0 Å². The normalized spacial score (nSPS) is 11.5. The number of rotatable bonds is 6. The molecule has 0 amide bonds. The number of halogens is 2. The third-order valence-electron chi connectivity index (χ3n) is 2.91. The second-order valence-electron chi connectivity index (χ2n) is 4.54. The Kier molecular flexibility index (Phi) is 7.26. The molecular weight excluding hydrogens is 311 g/mol. The standard InChI is InChI=1S/C15H17ClN2O2.ClH/c1-2-3-15(19)20-14(10-18-9-8-17-11-18)12-4-6-13(16)7-5-12;/h4-9,11,14H,2-3,10H2,1H3;1H. The maximum absolute atomic E-state index is 11.7. The summed E-state index contributed by atoms with van der Waals surface area (Å²) in [5.41, 5.74) is 0.924. The van der Waals surface area contributed by atoms with Gasteiger partial charge in [0.25, 0.3) is 0 Å². The summed E-state index contributed by atoms with van der Waals surface area (Å²) in [7, 11) is 0. The molecule has 4 nitrogen and oxygen atoms in total. The van der Waals surface area contributed by atoms with Crippen molar-refractivity contribution in [3.63, 3.8) is 0 Å². The number of ether oxygens (including phenoxy) is 1. The third kappa shape index (κ3) is 5.40. The molecule has 0 aliphatic heterocycles. The Bertz CT molecular complexity index is 541. The van der Waals surface area contributed by atoms with Gasteiger partial charge < -0.3 is 9.30 Å². The summed E-state index contributed by atoms with van der Waals surface area (Å²) in [6.07, 6.45) is 6.12. The minimum atomic E-state index is -0.333. The third-order valence-corrected chi connectivity index (χ3v) is 3.16. The molecule has 21 heavy (non-hydrogen) atoms. The van der Waals surface area contributed by atoms with Crippen LogP contribution in [0.2, 0.25) is 5.02 Å². The van der Waals surface area contributed by atoms with Crippen LogP contribution in [0.25, 0.3) is 0 Å². The lowest BCUT2D eigenvalue weighted by Gasteiger charge is -2.19. The van der Waals surface area contributed by atoms with E-state index in [-0.39, 0.29) is 24.5 Å². The highest BCUT2D eigenvalue weighted by molar-refractivity contribution is 6.30. The average Bonchev–Trinajstić information content (AvgIpc) is 2.92. The molecule has 0 aliphatic rings. The zero-order valence-electron chi connectivity index (χ0n) is 11.7. The van der Waals surface area contributed by atoms with E-state index in [0.29, 0.717) is 18.0 Å². The Balaban J connectivity index is 0.00000220. The molecule has 1 unspecified atom stereocenters. The quantitative estimate of drug-likeness (QED) is 0.751. The van der Waals surface area contributed by atoms with Crippen LogP contribution in [-0.2, 0) is 16.1 Å². The van der Waals surface area contributed by atoms with Crippen molar-refractivity contribution in [2.24, 2.45) is 0 Å². The predicted molar refractivity (Wildman–Crippen MR) is 84.7 cm³/mol. The van der Waals surface area contributed by atoms with Crippen LogP contribution in [0, 0.1) is 0 Å². The maximum atomic E-state index is 11.7. The minimum absolute atomic E-state index is 0. The van der Waals surface area contributed by atoms with E-state index in [1.165, 1.54) is 0 Å². The molecule has 1 heterocycles. The molecule has 0 bridgehead atoms. The van der Waals surface area contributed by atoms with Crippen LogP contribution in [-0.4, -0.2) is 15.5 Å². The number of hydrogen-bond donors (Lipinski definition) is 0. The molecule has 1 atom stereocenters. The topological polar surface area (TPSA) is 44.1 Å². The molecule has 0 saturated carbocycles. The van der Waals surface area contributed by atoms with Gasteiger partial charge in [0.05, 0.1) is 12.9 Å². The first-order valence-electron chi connectivity index (χ1n) is 6.59. The zero-order valence-corrected chi connectivity index (χ0v) is 13.3. The second-order valence-corrected chi connectivity index (χ2v) is 4.98. The van der Waals surface area contributed by atoms with Gasteiger partial charge in [-0.2, -0.15) is 0 Å². The van der Waals surface area contributed by atoms with Crippen molar-refractivity contribution in [2.75, 3.05) is 0 Å². The van der Waals surface area contributed by atoms with E-state index in [2.05, 4.69) is 4.98 Å². The van der Waals surface area contributed by atoms with Gasteiger partial charge in [-0.3, -0.25) is 4.79 Å². The number of imidazole rings is 1. The Morgan fingerprint density at radius 2 is 2.10 bits per heavy atom. The summed E-state index contributed by atoms with van der Waals surface area (Å²) in [5.74, 6) is -0.187. The fraction of sp³-hybridized carbons (Fsp3) is 0.333. The van der Waals surface area contributed by atoms with Crippen LogP contribution in [0.15, 0.2) is 43.0 Å². The van der Waals surface area contributed by atoms with Crippen LogP contribution in [0.5, 0.6) is 0 Å². The molecule has 0 spiro atoms. The Hall–Kier alpha value is -1.52. The molecule has 1 aromatic heterocycles. The lowest BCUT2D eigenvalue weighted by Crippen LogP contribution is -2.16. The van der Waals surface area contributed by atoms with Crippen molar-refractivity contribution < 1.29 is 9.53 Å². The van der Waals surface area contributed by atoms with Crippen molar-refractivity contribution in [1.82, 2.24) is 9.55 Å². The fourth-order valence-corrected chi connectivity index (χ4v) is 2.02. The van der Waals surface area contributed by atoms with Gasteiger partial charge >= 0.3 is 5.97 Å². The number of hydrogen-bond acceptors (Lipinski definition) is 3. The van der Waals surface area contributed by atoms with Crippen LogP contribution in [0.4, 0.5) is 0 Å². The van der Waals surface area contributed by atoms with E-state index in [1.807, 2.05) is 29.8 Å². The predicted octanol–water partition coefficient (Wildman–Crippen LogP) is 4.04. The molecule has 2 aromatic rings. The molecule has 0 radical (unpaired) electrons. The van der Waals surface area contributed by atoms with Crippen molar-refractivity contribution in [2.45, 2.75) is 32.4 Å². The first kappa shape index (κ1) is 17.5. The van der Waals surface area contributed by atoms with Crippen molar-refractivity contribution in [1.29, 1.82) is 0 Å². The summed E-state index contributed by atoms with van der Waals surface area (Å²) in [6, 6.07) is 7.35. The summed E-state index contributed by atoms with van der Waals surface area (Å²) in [4.78, 5) is 15.7. The molecule has 1 aromatic carbocycles. The Morgan fingerprint density at radius 3 is 2.67 bits per heavy atom. The lowest BCUT2D eigenvalue weighted by atomic mass is 10.1. The number of aromatic nitrogens is 2. The van der Waals surface area contributed by atoms with Crippen LogP contribution < -0.4 is 0 Å². The maximum Gasteiger partial charge on any atom is 0.306 e. The lowest BCUT2D eigenvalue weighted by molar-refractivity contribution is -0.150. The molecular formula is C15H18Cl2N2O2. The Morgan fingerprint density at radius 1 is 1.38 bits per heavy atom. The van der Waals surface area contributed by atoms with E-state index in [1.54, 1.807) is 24.7 Å². The monoisotopic (exact) mass is 328 g/mol. The van der Waals surface area contributed by atoms with Gasteiger partial charge in [0.15, 0.2) is 0 Å². The molecule has 114 valence electrons. The average molecular weight is 329 g/mol. The largest absolute Gasteiger partial charge is 0.456 e. The molecule has 0 aliphatic carbocycles. The van der Waals surface area contributed by atoms with E-state index < -0.39 is 0 Å². The van der Waals surface area contributed by atoms with Gasteiger partial charge in [0, 0.05) is 23.8 Å².